The molecule has 6 nitrogen and oxygen atoms in total. The first-order valence-corrected chi connectivity index (χ1v) is 6.12. The summed E-state index contributed by atoms with van der Waals surface area (Å²) in [5, 5.41) is 18.4. The zero-order valence-corrected chi connectivity index (χ0v) is 10.5. The highest BCUT2D eigenvalue weighted by atomic mass is 32.1. The van der Waals surface area contributed by atoms with E-state index in [0.717, 1.165) is 4.88 Å². The van der Waals surface area contributed by atoms with Crippen molar-refractivity contribution in [1.29, 1.82) is 0 Å². The second-order valence-corrected chi connectivity index (χ2v) is 5.11. The lowest BCUT2D eigenvalue weighted by Gasteiger charge is -2.09. The summed E-state index contributed by atoms with van der Waals surface area (Å²) in [6, 6.07) is 0. The SMILES string of the molecule is Cc1sc2ncn(CC(O)CO)c(=O)c2c1C=O. The predicted molar refractivity (Wildman–Crippen MR) is 67.1 cm³/mol. The summed E-state index contributed by atoms with van der Waals surface area (Å²) >= 11 is 1.28. The van der Waals surface area contributed by atoms with Crippen molar-refractivity contribution in [3.05, 3.63) is 27.1 Å². The molecular weight excluding hydrogens is 256 g/mol. The molecule has 0 saturated heterocycles. The first-order chi connectivity index (χ1) is 8.58. The van der Waals surface area contributed by atoms with Gasteiger partial charge in [-0.1, -0.05) is 0 Å². The van der Waals surface area contributed by atoms with Gasteiger partial charge in [0.05, 0.1) is 31.0 Å². The molecule has 2 heterocycles. The molecule has 2 N–H and O–H groups in total. The fourth-order valence-corrected chi connectivity index (χ4v) is 2.66. The van der Waals surface area contributed by atoms with E-state index in [2.05, 4.69) is 4.98 Å². The van der Waals surface area contributed by atoms with Crippen molar-refractivity contribution in [1.82, 2.24) is 9.55 Å². The van der Waals surface area contributed by atoms with Crippen molar-refractivity contribution >= 4 is 27.8 Å². The third-order valence-corrected chi connectivity index (χ3v) is 3.67. The number of carbonyl (C=O) groups excluding carboxylic acids is 1. The summed E-state index contributed by atoms with van der Waals surface area (Å²) in [6.07, 6.45) is 0.930. The number of aliphatic hydroxyl groups is 2. The minimum absolute atomic E-state index is 0.0501. The Morgan fingerprint density at radius 3 is 2.94 bits per heavy atom. The second-order valence-electron chi connectivity index (χ2n) is 3.91. The van der Waals surface area contributed by atoms with Gasteiger partial charge in [-0.2, -0.15) is 0 Å². The maximum absolute atomic E-state index is 12.2. The third-order valence-electron chi connectivity index (χ3n) is 2.64. The van der Waals surface area contributed by atoms with Crippen LogP contribution in [-0.2, 0) is 6.54 Å². The normalized spacial score (nSPS) is 12.8. The number of hydrogen-bond donors (Lipinski definition) is 2. The van der Waals surface area contributed by atoms with Gasteiger partial charge in [0.15, 0.2) is 6.29 Å². The standard InChI is InChI=1S/C11H12N2O4S/c1-6-8(4-15)9-10(18-6)12-5-13(11(9)17)2-7(16)3-14/h4-5,7,14,16H,2-3H2,1H3. The molecule has 1 unspecified atom stereocenters. The molecule has 0 aliphatic rings. The van der Waals surface area contributed by atoms with E-state index < -0.39 is 12.7 Å². The van der Waals surface area contributed by atoms with E-state index in [4.69, 9.17) is 5.11 Å². The van der Waals surface area contributed by atoms with E-state index in [1.165, 1.54) is 22.2 Å². The summed E-state index contributed by atoms with van der Waals surface area (Å²) in [4.78, 5) is 28.5. The molecule has 2 rings (SSSR count). The first kappa shape index (κ1) is 12.9. The van der Waals surface area contributed by atoms with Gasteiger partial charge in [-0.15, -0.1) is 11.3 Å². The summed E-state index contributed by atoms with van der Waals surface area (Å²) in [5.41, 5.74) is -0.0284. The summed E-state index contributed by atoms with van der Waals surface area (Å²) in [6.45, 7) is 1.27. The van der Waals surface area contributed by atoms with E-state index in [0.29, 0.717) is 16.7 Å². The molecule has 0 fully saturated rings. The molecule has 0 aromatic carbocycles. The second kappa shape index (κ2) is 4.97. The Labute approximate surface area is 106 Å². The van der Waals surface area contributed by atoms with Gasteiger partial charge in [0.25, 0.3) is 5.56 Å². The van der Waals surface area contributed by atoms with Crippen LogP contribution in [-0.4, -0.2) is 38.8 Å². The van der Waals surface area contributed by atoms with Crippen LogP contribution in [0.4, 0.5) is 0 Å². The molecule has 18 heavy (non-hydrogen) atoms. The van der Waals surface area contributed by atoms with Crippen molar-refractivity contribution in [2.45, 2.75) is 19.6 Å². The maximum Gasteiger partial charge on any atom is 0.262 e. The van der Waals surface area contributed by atoms with Crippen LogP contribution in [0.25, 0.3) is 10.2 Å². The van der Waals surface area contributed by atoms with Gasteiger partial charge in [0, 0.05) is 10.4 Å². The Morgan fingerprint density at radius 2 is 2.33 bits per heavy atom. The summed E-state index contributed by atoms with van der Waals surface area (Å²) in [5.74, 6) is 0. The van der Waals surface area contributed by atoms with Gasteiger partial charge in [0.1, 0.15) is 4.83 Å². The lowest BCUT2D eigenvalue weighted by atomic mass is 10.2. The molecule has 2 aromatic heterocycles. The number of aliphatic hydroxyl groups excluding tert-OH is 2. The Bertz CT molecular complexity index is 646. The highest BCUT2D eigenvalue weighted by Crippen LogP contribution is 2.24. The predicted octanol–water partition coefficient (Wildman–Crippen LogP) is -0.0679. The number of aldehydes is 1. The van der Waals surface area contributed by atoms with Gasteiger partial charge < -0.3 is 10.2 Å². The minimum Gasteiger partial charge on any atom is -0.394 e. The van der Waals surface area contributed by atoms with Gasteiger partial charge in [0.2, 0.25) is 0 Å². The van der Waals surface area contributed by atoms with E-state index >= 15 is 0 Å². The highest BCUT2D eigenvalue weighted by molar-refractivity contribution is 7.19. The zero-order valence-electron chi connectivity index (χ0n) is 9.66. The van der Waals surface area contributed by atoms with Crippen molar-refractivity contribution in [2.24, 2.45) is 0 Å². The van der Waals surface area contributed by atoms with Crippen LogP contribution in [0.5, 0.6) is 0 Å². The topological polar surface area (TPSA) is 92.4 Å². The molecule has 0 aliphatic carbocycles. The number of hydrogen-bond acceptors (Lipinski definition) is 6. The number of nitrogens with zero attached hydrogens (tertiary/aromatic N) is 2. The zero-order chi connectivity index (χ0) is 13.3. The van der Waals surface area contributed by atoms with Gasteiger partial charge in [-0.25, -0.2) is 4.98 Å². The fraction of sp³-hybridized carbons (Fsp3) is 0.364. The molecule has 0 amide bonds. The number of fused-ring (bicyclic) bond motifs is 1. The molecule has 0 aliphatic heterocycles. The quantitative estimate of drug-likeness (QED) is 0.757. The van der Waals surface area contributed by atoms with Crippen LogP contribution in [0, 0.1) is 6.92 Å². The molecule has 7 heteroatoms. The first-order valence-electron chi connectivity index (χ1n) is 5.31. The maximum atomic E-state index is 12.2. The van der Waals surface area contributed by atoms with Crippen molar-refractivity contribution in [3.8, 4) is 0 Å². The van der Waals surface area contributed by atoms with Crippen LogP contribution < -0.4 is 5.56 Å². The molecule has 2 aromatic rings. The van der Waals surface area contributed by atoms with E-state index in [-0.39, 0.29) is 17.5 Å². The van der Waals surface area contributed by atoms with E-state index in [9.17, 15) is 14.7 Å². The number of carbonyl (C=O) groups is 1. The van der Waals surface area contributed by atoms with Crippen LogP contribution in [0.15, 0.2) is 11.1 Å². The Kier molecular flexibility index (Phi) is 3.55. The lowest BCUT2D eigenvalue weighted by molar-refractivity contribution is 0.0803. The average Bonchev–Trinajstić information content (AvgIpc) is 2.69. The van der Waals surface area contributed by atoms with E-state index in [1.807, 2.05) is 0 Å². The number of aromatic nitrogens is 2. The van der Waals surface area contributed by atoms with Crippen LogP contribution in [0.2, 0.25) is 0 Å². The highest BCUT2D eigenvalue weighted by Gasteiger charge is 2.15. The minimum atomic E-state index is -1.03. The molecule has 96 valence electrons. The molecular formula is C11H12N2O4S. The van der Waals surface area contributed by atoms with Crippen molar-refractivity contribution in [2.75, 3.05) is 6.61 Å². The monoisotopic (exact) mass is 268 g/mol. The molecule has 0 spiro atoms. The van der Waals surface area contributed by atoms with Crippen LogP contribution in [0.1, 0.15) is 15.2 Å². The van der Waals surface area contributed by atoms with E-state index in [1.54, 1.807) is 6.92 Å². The lowest BCUT2D eigenvalue weighted by Crippen LogP contribution is -2.28. The molecule has 0 bridgehead atoms. The van der Waals surface area contributed by atoms with Gasteiger partial charge in [-0.05, 0) is 6.92 Å². The molecule has 0 saturated carbocycles. The number of thiophene rings is 1. The van der Waals surface area contributed by atoms with Gasteiger partial charge >= 0.3 is 0 Å². The number of rotatable bonds is 4. The largest absolute Gasteiger partial charge is 0.394 e. The van der Waals surface area contributed by atoms with Gasteiger partial charge in [-0.3, -0.25) is 14.2 Å². The van der Waals surface area contributed by atoms with Crippen LogP contribution in [0.3, 0.4) is 0 Å². The number of aryl methyl sites for hydroxylation is 1. The van der Waals surface area contributed by atoms with Crippen molar-refractivity contribution < 1.29 is 15.0 Å². The van der Waals surface area contributed by atoms with Crippen molar-refractivity contribution in [3.63, 3.8) is 0 Å². The Hall–Kier alpha value is -1.57. The Balaban J connectivity index is 2.62. The Morgan fingerprint density at radius 1 is 1.61 bits per heavy atom. The third kappa shape index (κ3) is 2.07. The summed E-state index contributed by atoms with van der Waals surface area (Å²) < 4.78 is 1.20. The summed E-state index contributed by atoms with van der Waals surface area (Å²) in [7, 11) is 0. The fourth-order valence-electron chi connectivity index (χ4n) is 1.71. The molecule has 0 radical (unpaired) electrons. The molecule has 1 atom stereocenters. The smallest absolute Gasteiger partial charge is 0.262 e. The van der Waals surface area contributed by atoms with Crippen LogP contribution >= 0.6 is 11.3 Å². The average molecular weight is 268 g/mol.